The number of imide groups is 1. The monoisotopic (exact) mass is 359 g/mol. The van der Waals surface area contributed by atoms with Crippen molar-refractivity contribution in [2.24, 2.45) is 0 Å². The molecule has 1 saturated heterocycles. The van der Waals surface area contributed by atoms with Crippen molar-refractivity contribution >= 4 is 11.9 Å². The van der Waals surface area contributed by atoms with Crippen molar-refractivity contribution in [3.63, 3.8) is 0 Å². The summed E-state index contributed by atoms with van der Waals surface area (Å²) in [6, 6.07) is 16.9. The molecule has 5 rings (SSSR count). The van der Waals surface area contributed by atoms with Gasteiger partial charge in [0.25, 0.3) is 5.91 Å². The van der Waals surface area contributed by atoms with Crippen LogP contribution in [0.2, 0.25) is 0 Å². The largest absolute Gasteiger partial charge is 0.444 e. The quantitative estimate of drug-likeness (QED) is 0.729. The van der Waals surface area contributed by atoms with Crippen molar-refractivity contribution < 1.29 is 14.0 Å². The number of carbonyl (C=O) groups is 2. The maximum Gasteiger partial charge on any atom is 0.325 e. The van der Waals surface area contributed by atoms with Gasteiger partial charge in [-0.1, -0.05) is 42.5 Å². The Balaban J connectivity index is 1.42. The summed E-state index contributed by atoms with van der Waals surface area (Å²) in [7, 11) is 0. The minimum absolute atomic E-state index is 0.0882. The molecule has 3 aromatic rings. The maximum absolute atomic E-state index is 13.2. The molecule has 1 aromatic heterocycles. The van der Waals surface area contributed by atoms with Crippen molar-refractivity contribution in [2.45, 2.75) is 24.9 Å². The van der Waals surface area contributed by atoms with Crippen LogP contribution >= 0.6 is 0 Å². The molecular formula is C21H17N3O3. The first-order valence-electron chi connectivity index (χ1n) is 8.90. The second-order valence-corrected chi connectivity index (χ2v) is 6.89. The average molecular weight is 359 g/mol. The first kappa shape index (κ1) is 15.8. The summed E-state index contributed by atoms with van der Waals surface area (Å²) in [5.41, 5.74) is 2.46. The predicted molar refractivity (Wildman–Crippen MR) is 97.5 cm³/mol. The molecule has 2 heterocycles. The van der Waals surface area contributed by atoms with E-state index in [2.05, 4.69) is 10.3 Å². The topological polar surface area (TPSA) is 75.4 Å². The molecule has 6 nitrogen and oxygen atoms in total. The average Bonchev–Trinajstić information content (AvgIpc) is 3.38. The number of carbonyl (C=O) groups excluding carboxylic acids is 2. The Labute approximate surface area is 155 Å². The van der Waals surface area contributed by atoms with E-state index in [1.54, 1.807) is 0 Å². The standard InChI is InChI=1S/C21H17N3O3/c25-19-21(11-10-14-6-4-5-9-17(14)21)23-20(26)24(19)12-16-13-27-18(22-16)15-7-2-1-3-8-15/h1-9,13H,10-12H2,(H,23,26)/t21-/m0/s1. The number of hydrogen-bond acceptors (Lipinski definition) is 4. The Kier molecular flexibility index (Phi) is 3.40. The van der Waals surface area contributed by atoms with Gasteiger partial charge in [-0.25, -0.2) is 9.78 Å². The zero-order valence-electron chi connectivity index (χ0n) is 14.5. The third-order valence-electron chi connectivity index (χ3n) is 5.31. The number of nitrogens with zero attached hydrogens (tertiary/aromatic N) is 2. The number of oxazole rings is 1. The van der Waals surface area contributed by atoms with Crippen LogP contribution in [0.15, 0.2) is 65.3 Å². The highest BCUT2D eigenvalue weighted by atomic mass is 16.3. The van der Waals surface area contributed by atoms with E-state index >= 15 is 0 Å². The fourth-order valence-electron chi connectivity index (χ4n) is 3.99. The molecule has 2 aromatic carbocycles. The van der Waals surface area contributed by atoms with Gasteiger partial charge in [-0.05, 0) is 36.1 Å². The number of aryl methyl sites for hydroxylation is 1. The normalized spacial score (nSPS) is 21.0. The summed E-state index contributed by atoms with van der Waals surface area (Å²) in [5, 5.41) is 2.92. The summed E-state index contributed by atoms with van der Waals surface area (Å²) >= 11 is 0. The first-order valence-corrected chi connectivity index (χ1v) is 8.90. The molecule has 1 aliphatic carbocycles. The van der Waals surface area contributed by atoms with E-state index in [9.17, 15) is 9.59 Å². The van der Waals surface area contributed by atoms with Gasteiger partial charge in [0, 0.05) is 5.56 Å². The molecule has 27 heavy (non-hydrogen) atoms. The van der Waals surface area contributed by atoms with Gasteiger partial charge < -0.3 is 9.73 Å². The molecule has 6 heteroatoms. The molecule has 1 aliphatic heterocycles. The molecule has 1 fully saturated rings. The van der Waals surface area contributed by atoms with Crippen LogP contribution in [0.5, 0.6) is 0 Å². The summed E-state index contributed by atoms with van der Waals surface area (Å²) in [6.07, 6.45) is 2.86. The highest BCUT2D eigenvalue weighted by molar-refractivity contribution is 6.08. The molecule has 0 unspecified atom stereocenters. The second-order valence-electron chi connectivity index (χ2n) is 6.89. The number of hydrogen-bond donors (Lipinski definition) is 1. The van der Waals surface area contributed by atoms with Gasteiger partial charge in [0.05, 0.1) is 12.2 Å². The SMILES string of the molecule is O=C1N[C@]2(CCc3ccccc32)C(=O)N1Cc1coc(-c2ccccc2)n1. The lowest BCUT2D eigenvalue weighted by molar-refractivity contribution is -0.132. The van der Waals surface area contributed by atoms with E-state index in [-0.39, 0.29) is 18.5 Å². The van der Waals surface area contributed by atoms with Crippen molar-refractivity contribution in [1.29, 1.82) is 0 Å². The van der Waals surface area contributed by atoms with Gasteiger partial charge in [-0.15, -0.1) is 0 Å². The minimum Gasteiger partial charge on any atom is -0.444 e. The molecular weight excluding hydrogens is 342 g/mol. The number of nitrogens with one attached hydrogen (secondary N) is 1. The number of aromatic nitrogens is 1. The lowest BCUT2D eigenvalue weighted by Gasteiger charge is -2.22. The molecule has 1 N–H and O–H groups in total. The van der Waals surface area contributed by atoms with E-state index in [0.29, 0.717) is 18.0 Å². The maximum atomic E-state index is 13.2. The fraction of sp³-hybridized carbons (Fsp3) is 0.190. The predicted octanol–water partition coefficient (Wildman–Crippen LogP) is 3.24. The second kappa shape index (κ2) is 5.81. The number of benzene rings is 2. The smallest absolute Gasteiger partial charge is 0.325 e. The minimum atomic E-state index is -0.945. The molecule has 1 spiro atoms. The number of urea groups is 1. The van der Waals surface area contributed by atoms with Crippen LogP contribution in [0.25, 0.3) is 11.5 Å². The molecule has 134 valence electrons. The third kappa shape index (κ3) is 2.37. The van der Waals surface area contributed by atoms with Gasteiger partial charge >= 0.3 is 6.03 Å². The van der Waals surface area contributed by atoms with Gasteiger partial charge in [-0.3, -0.25) is 9.69 Å². The van der Waals surface area contributed by atoms with Gasteiger partial charge in [0.1, 0.15) is 11.8 Å². The van der Waals surface area contributed by atoms with E-state index < -0.39 is 5.54 Å². The lowest BCUT2D eigenvalue weighted by Crippen LogP contribution is -2.41. The van der Waals surface area contributed by atoms with Crippen LogP contribution in [0.3, 0.4) is 0 Å². The van der Waals surface area contributed by atoms with Gasteiger partial charge in [0.15, 0.2) is 0 Å². The molecule has 0 saturated carbocycles. The Morgan fingerprint density at radius 1 is 1.07 bits per heavy atom. The fourth-order valence-corrected chi connectivity index (χ4v) is 3.99. The van der Waals surface area contributed by atoms with Crippen LogP contribution in [0, 0.1) is 0 Å². The van der Waals surface area contributed by atoms with Gasteiger partial charge in [-0.2, -0.15) is 0 Å². The Morgan fingerprint density at radius 3 is 2.70 bits per heavy atom. The third-order valence-corrected chi connectivity index (χ3v) is 5.31. The Bertz CT molecular complexity index is 1040. The molecule has 0 bridgehead atoms. The number of amides is 3. The van der Waals surface area contributed by atoms with Crippen LogP contribution in [0.4, 0.5) is 4.79 Å². The molecule has 1 atom stereocenters. The summed E-state index contributed by atoms with van der Waals surface area (Å²) < 4.78 is 5.52. The van der Waals surface area contributed by atoms with Crippen molar-refractivity contribution in [3.05, 3.63) is 77.7 Å². The number of fused-ring (bicyclic) bond motifs is 2. The highest BCUT2D eigenvalue weighted by Gasteiger charge is 2.55. The van der Waals surface area contributed by atoms with Crippen molar-refractivity contribution in [2.75, 3.05) is 0 Å². The Morgan fingerprint density at radius 2 is 1.85 bits per heavy atom. The first-order chi connectivity index (χ1) is 13.2. The highest BCUT2D eigenvalue weighted by Crippen LogP contribution is 2.41. The van der Waals surface area contributed by atoms with Crippen LogP contribution in [-0.4, -0.2) is 21.8 Å². The van der Waals surface area contributed by atoms with Crippen LogP contribution < -0.4 is 5.32 Å². The zero-order chi connectivity index (χ0) is 18.4. The zero-order valence-corrected chi connectivity index (χ0v) is 14.5. The van der Waals surface area contributed by atoms with E-state index in [0.717, 1.165) is 23.1 Å². The molecule has 2 aliphatic rings. The summed E-state index contributed by atoms with van der Waals surface area (Å²) in [6.45, 7) is 0.0882. The van der Waals surface area contributed by atoms with Crippen LogP contribution in [0.1, 0.15) is 23.2 Å². The summed E-state index contributed by atoms with van der Waals surface area (Å²) in [4.78, 5) is 31.4. The summed E-state index contributed by atoms with van der Waals surface area (Å²) in [5.74, 6) is 0.250. The van der Waals surface area contributed by atoms with Crippen molar-refractivity contribution in [3.8, 4) is 11.5 Å². The van der Waals surface area contributed by atoms with Gasteiger partial charge in [0.2, 0.25) is 5.89 Å². The number of rotatable bonds is 3. The van der Waals surface area contributed by atoms with E-state index in [1.807, 2.05) is 54.6 Å². The van der Waals surface area contributed by atoms with E-state index in [4.69, 9.17) is 4.42 Å². The molecule has 3 amide bonds. The van der Waals surface area contributed by atoms with Crippen LogP contribution in [-0.2, 0) is 23.3 Å². The molecule has 0 radical (unpaired) electrons. The van der Waals surface area contributed by atoms with Crippen molar-refractivity contribution in [1.82, 2.24) is 15.2 Å². The van der Waals surface area contributed by atoms with E-state index in [1.165, 1.54) is 11.2 Å². The lowest BCUT2D eigenvalue weighted by atomic mass is 9.92. The Hall–Kier alpha value is -3.41.